The molecule has 0 amide bonds. The second-order valence-corrected chi connectivity index (χ2v) is 24.5. The van der Waals surface area contributed by atoms with Crippen LogP contribution in [0.5, 0.6) is 0 Å². The first-order valence-electron chi connectivity index (χ1n) is 31.1. The van der Waals surface area contributed by atoms with E-state index in [1.54, 1.807) is 0 Å². The van der Waals surface area contributed by atoms with Gasteiger partial charge in [0.2, 0.25) is 0 Å². The lowest BCUT2D eigenvalue weighted by Crippen LogP contribution is -2.29. The third kappa shape index (κ3) is 7.01. The molecule has 89 heavy (non-hydrogen) atoms. The molecule has 0 bridgehead atoms. The minimum Gasteiger partial charge on any atom is -0.311 e. The number of rotatable bonds is 9. The van der Waals surface area contributed by atoms with Crippen LogP contribution < -0.4 is 4.90 Å². The van der Waals surface area contributed by atoms with E-state index in [9.17, 15) is 0 Å². The van der Waals surface area contributed by atoms with Crippen molar-refractivity contribution in [1.29, 1.82) is 0 Å². The largest absolute Gasteiger partial charge is 0.311 e. The van der Waals surface area contributed by atoms with Crippen LogP contribution in [0.2, 0.25) is 0 Å². The topological polar surface area (TPSA) is 3.24 Å². The minimum atomic E-state index is -0.607. The van der Waals surface area contributed by atoms with Crippen molar-refractivity contribution in [3.63, 3.8) is 0 Å². The summed E-state index contributed by atoms with van der Waals surface area (Å²) in [4.78, 5) is 2.42. The van der Waals surface area contributed by atoms with Gasteiger partial charge in [-0.15, -0.1) is 0 Å². The maximum absolute atomic E-state index is 2.51. The molecule has 2 unspecified atom stereocenters. The number of benzene rings is 17. The van der Waals surface area contributed by atoms with E-state index >= 15 is 0 Å². The quantitative estimate of drug-likeness (QED) is 0.130. The maximum Gasteiger partial charge on any atom is 0.0713 e. The molecule has 17 aromatic carbocycles. The summed E-state index contributed by atoms with van der Waals surface area (Å²) in [5.74, 6) is 0. The van der Waals surface area contributed by atoms with Gasteiger partial charge in [-0.1, -0.05) is 285 Å². The highest BCUT2D eigenvalue weighted by Crippen LogP contribution is 2.60. The number of anilines is 3. The zero-order chi connectivity index (χ0) is 58.4. The molecule has 412 valence electrons. The van der Waals surface area contributed by atoms with Crippen LogP contribution in [0.25, 0.3) is 109 Å². The highest BCUT2D eigenvalue weighted by Gasteiger charge is 2.48. The molecule has 0 heterocycles. The van der Waals surface area contributed by atoms with E-state index in [-0.39, 0.29) is 0 Å². The number of para-hydroxylation sites is 1. The molecule has 1 heteroatoms. The first kappa shape index (κ1) is 49.8. The second kappa shape index (κ2) is 19.1. The van der Waals surface area contributed by atoms with E-state index in [1.165, 1.54) is 154 Å². The maximum atomic E-state index is 2.51. The third-order valence-corrected chi connectivity index (χ3v) is 20.3. The Morgan fingerprint density at radius 2 is 0.506 bits per heavy atom. The molecule has 0 aromatic heterocycles. The first-order chi connectivity index (χ1) is 44.1. The van der Waals surface area contributed by atoms with Gasteiger partial charge in [-0.25, -0.2) is 0 Å². The molecule has 0 saturated carbocycles. The van der Waals surface area contributed by atoms with Gasteiger partial charge in [0.15, 0.2) is 0 Å². The van der Waals surface area contributed by atoms with Crippen LogP contribution in [0.4, 0.5) is 17.1 Å². The lowest BCUT2D eigenvalue weighted by Gasteiger charge is -2.35. The van der Waals surface area contributed by atoms with Crippen LogP contribution in [0, 0.1) is 0 Å². The Morgan fingerprint density at radius 1 is 0.191 bits per heavy atom. The van der Waals surface area contributed by atoms with E-state index in [1.807, 2.05) is 0 Å². The normalized spacial score (nSPS) is 15.7. The minimum absolute atomic E-state index is 0.607. The van der Waals surface area contributed by atoms with Crippen molar-refractivity contribution >= 4 is 81.7 Å². The standard InChI is InChI=1S/C88H55N/c1-4-20-64(21-5-1)87(79-28-12-10-26-73(79)75-50-38-62(54-81(75)87)71-48-34-60-32-30-56-16-14-18-58-36-52-77(71)85(60)83(56)58)66-40-44-69(45-41-66)89(68-24-8-3-9-25-68)70-46-42-67(43-47-70)88(65-22-6-2-7-23-65)80-29-13-11-27-74(80)76-51-39-63(55-82(76)88)72-49-35-61-33-31-57-17-15-19-59-37-53-78(72)86(61)84(57)59/h1-55H. The van der Waals surface area contributed by atoms with Crippen molar-refractivity contribution in [2.75, 3.05) is 4.90 Å². The fourth-order valence-electron chi connectivity index (χ4n) is 16.6. The molecular weight excluding hydrogens is 1070 g/mol. The smallest absolute Gasteiger partial charge is 0.0713 e. The summed E-state index contributed by atoms with van der Waals surface area (Å²) in [5.41, 5.74) is 22.1. The van der Waals surface area contributed by atoms with Gasteiger partial charge >= 0.3 is 0 Å². The summed E-state index contributed by atoms with van der Waals surface area (Å²) < 4.78 is 0. The third-order valence-electron chi connectivity index (χ3n) is 20.3. The van der Waals surface area contributed by atoms with Crippen molar-refractivity contribution in [2.24, 2.45) is 0 Å². The van der Waals surface area contributed by atoms with E-state index in [2.05, 4.69) is 339 Å². The van der Waals surface area contributed by atoms with Crippen LogP contribution in [0.1, 0.15) is 44.5 Å². The van der Waals surface area contributed by atoms with Gasteiger partial charge in [-0.3, -0.25) is 0 Å². The highest BCUT2D eigenvalue weighted by atomic mass is 15.1. The van der Waals surface area contributed by atoms with Gasteiger partial charge in [0.1, 0.15) is 0 Å². The van der Waals surface area contributed by atoms with Crippen molar-refractivity contribution in [3.8, 4) is 44.5 Å². The number of hydrogen-bond acceptors (Lipinski definition) is 1. The molecule has 2 atom stereocenters. The molecule has 1 nitrogen and oxygen atoms in total. The van der Waals surface area contributed by atoms with Gasteiger partial charge in [0.05, 0.1) is 10.8 Å². The lowest BCUT2D eigenvalue weighted by atomic mass is 9.67. The van der Waals surface area contributed by atoms with Crippen LogP contribution in [0.3, 0.4) is 0 Å². The van der Waals surface area contributed by atoms with Crippen molar-refractivity contribution in [3.05, 3.63) is 378 Å². The Hall–Kier alpha value is -11.4. The summed E-state index contributed by atoms with van der Waals surface area (Å²) in [5, 5.41) is 15.6. The number of fused-ring (bicyclic) bond motifs is 6. The van der Waals surface area contributed by atoms with Crippen LogP contribution in [-0.2, 0) is 10.8 Å². The number of hydrogen-bond donors (Lipinski definition) is 0. The second-order valence-electron chi connectivity index (χ2n) is 24.5. The molecule has 17 aromatic rings. The Balaban J connectivity index is 0.759. The average molecular weight is 1130 g/mol. The predicted molar refractivity (Wildman–Crippen MR) is 374 cm³/mol. The van der Waals surface area contributed by atoms with E-state index in [0.29, 0.717) is 0 Å². The Bertz CT molecular complexity index is 5290. The number of nitrogens with zero attached hydrogens (tertiary/aromatic N) is 1. The Morgan fingerprint density at radius 3 is 0.933 bits per heavy atom. The zero-order valence-electron chi connectivity index (χ0n) is 48.7. The van der Waals surface area contributed by atoms with Crippen molar-refractivity contribution in [2.45, 2.75) is 10.8 Å². The molecule has 0 N–H and O–H groups in total. The molecular formula is C88H55N. The predicted octanol–water partition coefficient (Wildman–Crippen LogP) is 23.0. The summed E-state index contributed by atoms with van der Waals surface area (Å²) in [6.45, 7) is 0. The fourth-order valence-corrected chi connectivity index (χ4v) is 16.6. The van der Waals surface area contributed by atoms with Crippen LogP contribution in [0.15, 0.2) is 334 Å². The first-order valence-corrected chi connectivity index (χ1v) is 31.1. The highest BCUT2D eigenvalue weighted by molar-refractivity contribution is 6.27. The van der Waals surface area contributed by atoms with Gasteiger partial charge in [0.25, 0.3) is 0 Å². The van der Waals surface area contributed by atoms with Crippen LogP contribution >= 0.6 is 0 Å². The summed E-state index contributed by atoms with van der Waals surface area (Å²) in [6, 6.07) is 126. The molecule has 0 fully saturated rings. The van der Waals surface area contributed by atoms with E-state index in [4.69, 9.17) is 0 Å². The zero-order valence-corrected chi connectivity index (χ0v) is 48.7. The van der Waals surface area contributed by atoms with Gasteiger partial charge < -0.3 is 4.90 Å². The fraction of sp³-hybridized carbons (Fsp3) is 0.0227. The summed E-state index contributed by atoms with van der Waals surface area (Å²) >= 11 is 0. The SMILES string of the molecule is c1ccc(N(c2ccc(C3(c4ccccc4)c4ccccc4-c4ccc(-c5ccc6ccc7cccc8ccc5c6c78)cc43)cc2)c2ccc(C3(c4ccccc4)c4ccccc4-c4ccc(-c5ccc6ccc7cccc8ccc5c6c78)cc43)cc2)cc1. The molecule has 19 rings (SSSR count). The summed E-state index contributed by atoms with van der Waals surface area (Å²) in [6.07, 6.45) is 0. The van der Waals surface area contributed by atoms with Gasteiger partial charge in [-0.2, -0.15) is 0 Å². The molecule has 0 radical (unpaired) electrons. The molecule has 0 saturated heterocycles. The Kier molecular flexibility index (Phi) is 10.7. The van der Waals surface area contributed by atoms with E-state index < -0.39 is 10.8 Å². The molecule has 0 aliphatic heterocycles. The molecule has 2 aliphatic carbocycles. The average Bonchev–Trinajstić information content (AvgIpc) is 1.60. The summed E-state index contributed by atoms with van der Waals surface area (Å²) in [7, 11) is 0. The molecule has 2 aliphatic rings. The van der Waals surface area contributed by atoms with E-state index in [0.717, 1.165) is 17.1 Å². The lowest BCUT2D eigenvalue weighted by molar-refractivity contribution is 0.768. The van der Waals surface area contributed by atoms with Crippen molar-refractivity contribution in [1.82, 2.24) is 0 Å². The monoisotopic (exact) mass is 1130 g/mol. The molecule has 0 spiro atoms. The Labute approximate surface area is 517 Å². The van der Waals surface area contributed by atoms with Gasteiger partial charge in [-0.05, 0) is 202 Å². The van der Waals surface area contributed by atoms with Gasteiger partial charge in [0, 0.05) is 17.1 Å². The van der Waals surface area contributed by atoms with Crippen molar-refractivity contribution < 1.29 is 0 Å². The van der Waals surface area contributed by atoms with Crippen LogP contribution in [-0.4, -0.2) is 0 Å².